The minimum Gasteiger partial charge on any atom is -0.354 e. The van der Waals surface area contributed by atoms with E-state index in [9.17, 15) is 4.79 Å². The largest absolute Gasteiger partial charge is 0.354 e. The minimum atomic E-state index is -0.382. The van der Waals surface area contributed by atoms with E-state index in [0.717, 1.165) is 11.3 Å². The Morgan fingerprint density at radius 1 is 1.12 bits per heavy atom. The second kappa shape index (κ2) is 8.34. The molecule has 3 aromatic rings. The smallest absolute Gasteiger partial charge is 0.320 e. The third kappa shape index (κ3) is 4.60. The second-order valence-electron chi connectivity index (χ2n) is 5.33. The Labute approximate surface area is 150 Å². The van der Waals surface area contributed by atoms with E-state index in [1.54, 1.807) is 43.1 Å². The van der Waals surface area contributed by atoms with Crippen molar-refractivity contribution in [3.8, 4) is 0 Å². The summed E-state index contributed by atoms with van der Waals surface area (Å²) < 4.78 is 0. The molecule has 4 N–H and O–H groups in total. The molecule has 130 valence electrons. The van der Waals surface area contributed by atoms with Crippen molar-refractivity contribution in [3.05, 3.63) is 72.4 Å². The molecule has 26 heavy (non-hydrogen) atoms. The third-order valence-electron chi connectivity index (χ3n) is 3.47. The number of nitrogens with one attached hydrogen (secondary N) is 4. The summed E-state index contributed by atoms with van der Waals surface area (Å²) in [5.41, 5.74) is 2.99. The van der Waals surface area contributed by atoms with Gasteiger partial charge in [-0.15, -0.1) is 0 Å². The van der Waals surface area contributed by atoms with Gasteiger partial charge >= 0.3 is 6.03 Å². The average molecular weight is 347 g/mol. The molecule has 2 amide bonds. The lowest BCUT2D eigenvalue weighted by Crippen LogP contribution is -2.28. The van der Waals surface area contributed by atoms with E-state index in [2.05, 4.69) is 30.9 Å². The number of hydrogen-bond acceptors (Lipinski definition) is 6. The van der Waals surface area contributed by atoms with Gasteiger partial charge in [0.25, 0.3) is 0 Å². The van der Waals surface area contributed by atoms with Crippen LogP contribution in [0.5, 0.6) is 0 Å². The first-order chi connectivity index (χ1) is 12.7. The van der Waals surface area contributed by atoms with Crippen LogP contribution in [0.1, 0.15) is 11.1 Å². The van der Waals surface area contributed by atoms with Gasteiger partial charge in [0.2, 0.25) is 0 Å². The number of pyridine rings is 3. The zero-order chi connectivity index (χ0) is 18.2. The molecule has 0 fully saturated rings. The summed E-state index contributed by atoms with van der Waals surface area (Å²) in [5, 5.41) is 16.1. The third-order valence-corrected chi connectivity index (χ3v) is 3.47. The molecule has 0 atom stereocenters. The Hall–Kier alpha value is -3.81. The van der Waals surface area contributed by atoms with Crippen LogP contribution in [0.15, 0.2) is 61.3 Å². The molecule has 0 bridgehead atoms. The zero-order valence-corrected chi connectivity index (χ0v) is 13.8. The number of carbonyl (C=O) groups is 1. The lowest BCUT2D eigenvalue weighted by atomic mass is 10.2. The van der Waals surface area contributed by atoms with Crippen molar-refractivity contribution < 1.29 is 4.79 Å². The molecule has 0 unspecified atom stereocenters. The SMILES string of the molecule is N=Cc1cc(NC(=O)NCc2cccnc2)ncc1Nc1ccncc1. The van der Waals surface area contributed by atoms with E-state index in [4.69, 9.17) is 5.41 Å². The first-order valence-electron chi connectivity index (χ1n) is 7.86. The molecule has 0 aliphatic heterocycles. The van der Waals surface area contributed by atoms with Crippen LogP contribution in [0, 0.1) is 5.41 Å². The van der Waals surface area contributed by atoms with Crippen LogP contribution in [0.25, 0.3) is 0 Å². The maximum Gasteiger partial charge on any atom is 0.320 e. The maximum atomic E-state index is 12.0. The number of nitrogens with zero attached hydrogens (tertiary/aromatic N) is 3. The van der Waals surface area contributed by atoms with Crippen LogP contribution in [0.3, 0.4) is 0 Å². The normalized spacial score (nSPS) is 10.0. The quantitative estimate of drug-likeness (QED) is 0.512. The molecular formula is C18H17N7O. The van der Waals surface area contributed by atoms with Crippen molar-refractivity contribution in [3.63, 3.8) is 0 Å². The molecule has 8 nitrogen and oxygen atoms in total. The molecular weight excluding hydrogens is 330 g/mol. The molecule has 8 heteroatoms. The Bertz CT molecular complexity index is 885. The molecule has 0 aliphatic rings. The number of carbonyl (C=O) groups excluding carboxylic acids is 1. The number of aromatic nitrogens is 3. The summed E-state index contributed by atoms with van der Waals surface area (Å²) in [6, 6.07) is 8.55. The van der Waals surface area contributed by atoms with Gasteiger partial charge < -0.3 is 16.0 Å². The van der Waals surface area contributed by atoms with Gasteiger partial charge in [0, 0.05) is 48.8 Å². The van der Waals surface area contributed by atoms with Crippen molar-refractivity contribution >= 4 is 29.4 Å². The highest BCUT2D eigenvalue weighted by atomic mass is 16.2. The second-order valence-corrected chi connectivity index (χ2v) is 5.33. The van der Waals surface area contributed by atoms with E-state index in [0.29, 0.717) is 23.6 Å². The monoisotopic (exact) mass is 347 g/mol. The van der Waals surface area contributed by atoms with Crippen LogP contribution in [-0.4, -0.2) is 27.2 Å². The van der Waals surface area contributed by atoms with Crippen molar-refractivity contribution in [1.82, 2.24) is 20.3 Å². The van der Waals surface area contributed by atoms with E-state index in [1.165, 1.54) is 6.21 Å². The van der Waals surface area contributed by atoms with Gasteiger partial charge in [-0.25, -0.2) is 9.78 Å². The van der Waals surface area contributed by atoms with Crippen molar-refractivity contribution in [2.45, 2.75) is 6.54 Å². The standard InChI is InChI=1S/C18H17N7O/c19-9-14-8-17(22-12-16(14)24-15-3-6-20-7-4-15)25-18(26)23-11-13-2-1-5-21-10-13/h1-10,12,19H,11H2,(H,20,24)(H2,22,23,25,26). The van der Waals surface area contributed by atoms with Crippen LogP contribution in [0.2, 0.25) is 0 Å². The van der Waals surface area contributed by atoms with Gasteiger partial charge in [-0.2, -0.15) is 0 Å². The Morgan fingerprint density at radius 3 is 2.69 bits per heavy atom. The van der Waals surface area contributed by atoms with Gasteiger partial charge in [-0.3, -0.25) is 15.3 Å². The van der Waals surface area contributed by atoms with E-state index in [-0.39, 0.29) is 6.03 Å². The fraction of sp³-hybridized carbons (Fsp3) is 0.0556. The predicted molar refractivity (Wildman–Crippen MR) is 99.7 cm³/mol. The lowest BCUT2D eigenvalue weighted by Gasteiger charge is -2.11. The summed E-state index contributed by atoms with van der Waals surface area (Å²) in [6.45, 7) is 0.360. The van der Waals surface area contributed by atoms with Crippen LogP contribution in [-0.2, 0) is 6.54 Å². The number of amides is 2. The van der Waals surface area contributed by atoms with Crippen LogP contribution < -0.4 is 16.0 Å². The van der Waals surface area contributed by atoms with Gasteiger partial charge in [0.15, 0.2) is 0 Å². The topological polar surface area (TPSA) is 116 Å². The predicted octanol–water partition coefficient (Wildman–Crippen LogP) is 2.93. The minimum absolute atomic E-state index is 0.354. The van der Waals surface area contributed by atoms with E-state index in [1.807, 2.05) is 18.2 Å². The number of urea groups is 1. The van der Waals surface area contributed by atoms with Crippen molar-refractivity contribution in [2.24, 2.45) is 0 Å². The highest BCUT2D eigenvalue weighted by molar-refractivity contribution is 5.92. The molecule has 3 rings (SSSR count). The summed E-state index contributed by atoms with van der Waals surface area (Å²) in [5.74, 6) is 0.354. The molecule has 3 heterocycles. The number of anilines is 3. The highest BCUT2D eigenvalue weighted by Gasteiger charge is 2.07. The Morgan fingerprint density at radius 2 is 1.96 bits per heavy atom. The van der Waals surface area contributed by atoms with Crippen molar-refractivity contribution in [2.75, 3.05) is 10.6 Å². The molecule has 0 radical (unpaired) electrons. The summed E-state index contributed by atoms with van der Waals surface area (Å²) >= 11 is 0. The zero-order valence-electron chi connectivity index (χ0n) is 13.8. The lowest BCUT2D eigenvalue weighted by molar-refractivity contribution is 0.251. The average Bonchev–Trinajstić information content (AvgIpc) is 2.69. The van der Waals surface area contributed by atoms with Crippen LogP contribution >= 0.6 is 0 Å². The van der Waals surface area contributed by atoms with Crippen LogP contribution in [0.4, 0.5) is 22.0 Å². The first kappa shape index (κ1) is 17.0. The van der Waals surface area contributed by atoms with Gasteiger partial charge in [0.05, 0.1) is 11.9 Å². The van der Waals surface area contributed by atoms with Gasteiger partial charge in [0.1, 0.15) is 5.82 Å². The van der Waals surface area contributed by atoms with Gasteiger partial charge in [-0.05, 0) is 29.8 Å². The highest BCUT2D eigenvalue weighted by Crippen LogP contribution is 2.20. The summed E-state index contributed by atoms with van der Waals surface area (Å²) in [4.78, 5) is 24.2. The Balaban J connectivity index is 1.63. The summed E-state index contributed by atoms with van der Waals surface area (Å²) in [7, 11) is 0. The molecule has 0 aliphatic carbocycles. The molecule has 0 saturated heterocycles. The fourth-order valence-electron chi connectivity index (χ4n) is 2.20. The molecule has 0 saturated carbocycles. The summed E-state index contributed by atoms with van der Waals surface area (Å²) in [6.07, 6.45) is 9.46. The van der Waals surface area contributed by atoms with E-state index < -0.39 is 0 Å². The molecule has 0 spiro atoms. The maximum absolute atomic E-state index is 12.0. The molecule has 0 aromatic carbocycles. The number of hydrogen-bond donors (Lipinski definition) is 4. The first-order valence-corrected chi connectivity index (χ1v) is 7.86. The van der Waals surface area contributed by atoms with Crippen molar-refractivity contribution in [1.29, 1.82) is 5.41 Å². The van der Waals surface area contributed by atoms with Gasteiger partial charge in [-0.1, -0.05) is 6.07 Å². The fourth-order valence-corrected chi connectivity index (χ4v) is 2.20. The number of rotatable bonds is 6. The Kier molecular flexibility index (Phi) is 5.46. The van der Waals surface area contributed by atoms with E-state index >= 15 is 0 Å². The molecule has 3 aromatic heterocycles.